The highest BCUT2D eigenvalue weighted by atomic mass is 32.2. The number of nitrogens with two attached hydrogens (primary N) is 1. The van der Waals surface area contributed by atoms with E-state index in [1.807, 2.05) is 0 Å². The Balaban J connectivity index is 3.17. The zero-order valence-electron chi connectivity index (χ0n) is 10.7. The maximum absolute atomic E-state index is 12.3. The van der Waals surface area contributed by atoms with Crippen LogP contribution in [-0.2, 0) is 10.0 Å². The van der Waals surface area contributed by atoms with Crippen molar-refractivity contribution in [1.82, 2.24) is 4.31 Å². The van der Waals surface area contributed by atoms with Crippen LogP contribution in [0, 0.1) is 6.92 Å². The number of hydrogen-bond donors (Lipinski definition) is 1. The Morgan fingerprint density at radius 3 is 2.35 bits per heavy atom. The molecular formula is C11H13F3N2O2S2. The molecule has 0 aliphatic carbocycles. The SMILES string of the molecule is Cc1cc(S(=O)(=O)N(C)CC(F)(F)F)ccc1C(N)=S. The lowest BCUT2D eigenvalue weighted by Gasteiger charge is -2.19. The van der Waals surface area contributed by atoms with Gasteiger partial charge in [-0.1, -0.05) is 18.3 Å². The summed E-state index contributed by atoms with van der Waals surface area (Å²) in [6, 6.07) is 3.81. The van der Waals surface area contributed by atoms with Gasteiger partial charge in [-0.05, 0) is 24.6 Å². The Kier molecular flexibility index (Phi) is 4.78. The van der Waals surface area contributed by atoms with Crippen LogP contribution in [0.2, 0.25) is 0 Å². The van der Waals surface area contributed by atoms with Crippen molar-refractivity contribution in [2.45, 2.75) is 18.0 Å². The third-order valence-corrected chi connectivity index (χ3v) is 4.59. The molecule has 2 N–H and O–H groups in total. The van der Waals surface area contributed by atoms with Gasteiger partial charge in [-0.25, -0.2) is 8.42 Å². The minimum Gasteiger partial charge on any atom is -0.389 e. The van der Waals surface area contributed by atoms with Gasteiger partial charge in [0.25, 0.3) is 0 Å². The molecule has 0 radical (unpaired) electrons. The fourth-order valence-corrected chi connectivity index (χ4v) is 3.06. The summed E-state index contributed by atoms with van der Waals surface area (Å²) in [5, 5.41) is 0. The number of sulfonamides is 1. The summed E-state index contributed by atoms with van der Waals surface area (Å²) in [4.78, 5) is -0.142. The summed E-state index contributed by atoms with van der Waals surface area (Å²) >= 11 is 4.78. The van der Waals surface area contributed by atoms with Crippen LogP contribution in [0.15, 0.2) is 23.1 Å². The van der Waals surface area contributed by atoms with Crippen LogP contribution >= 0.6 is 12.2 Å². The van der Waals surface area contributed by atoms with E-state index in [0.717, 1.165) is 7.05 Å². The van der Waals surface area contributed by atoms with Gasteiger partial charge >= 0.3 is 6.18 Å². The molecule has 0 aliphatic rings. The fraction of sp³-hybridized carbons (Fsp3) is 0.364. The molecular weight excluding hydrogens is 313 g/mol. The van der Waals surface area contributed by atoms with E-state index in [0.29, 0.717) is 11.1 Å². The molecule has 1 rings (SSSR count). The lowest BCUT2D eigenvalue weighted by Crippen LogP contribution is -2.35. The van der Waals surface area contributed by atoms with Gasteiger partial charge in [-0.3, -0.25) is 0 Å². The molecule has 0 atom stereocenters. The molecule has 112 valence electrons. The smallest absolute Gasteiger partial charge is 0.389 e. The number of rotatable bonds is 4. The number of nitrogens with zero attached hydrogens (tertiary/aromatic N) is 1. The van der Waals surface area contributed by atoms with E-state index in [1.165, 1.54) is 18.2 Å². The van der Waals surface area contributed by atoms with Crippen LogP contribution in [0.5, 0.6) is 0 Å². The van der Waals surface area contributed by atoms with Crippen molar-refractivity contribution in [2.24, 2.45) is 5.73 Å². The Bertz CT molecular complexity index is 627. The molecule has 0 saturated heterocycles. The quantitative estimate of drug-likeness (QED) is 0.857. The molecule has 1 aromatic carbocycles. The average Bonchev–Trinajstić information content (AvgIpc) is 2.25. The van der Waals surface area contributed by atoms with Gasteiger partial charge in [0.1, 0.15) is 11.5 Å². The Labute approximate surface area is 120 Å². The highest BCUT2D eigenvalue weighted by Gasteiger charge is 2.34. The summed E-state index contributed by atoms with van der Waals surface area (Å²) in [5.74, 6) is 0. The second kappa shape index (κ2) is 5.66. The summed E-state index contributed by atoms with van der Waals surface area (Å²) in [6.07, 6.45) is -4.60. The van der Waals surface area contributed by atoms with E-state index >= 15 is 0 Å². The van der Waals surface area contributed by atoms with Gasteiger partial charge in [0.2, 0.25) is 10.0 Å². The minimum absolute atomic E-state index is 0.0927. The summed E-state index contributed by atoms with van der Waals surface area (Å²) in [5.41, 5.74) is 6.41. The van der Waals surface area contributed by atoms with Crippen molar-refractivity contribution in [1.29, 1.82) is 0 Å². The number of hydrogen-bond acceptors (Lipinski definition) is 3. The van der Waals surface area contributed by atoms with E-state index in [-0.39, 0.29) is 14.2 Å². The largest absolute Gasteiger partial charge is 0.402 e. The van der Waals surface area contributed by atoms with Gasteiger partial charge in [0, 0.05) is 12.6 Å². The first-order chi connectivity index (χ1) is 8.95. The molecule has 0 spiro atoms. The van der Waals surface area contributed by atoms with Gasteiger partial charge in [-0.15, -0.1) is 0 Å². The molecule has 1 aromatic rings. The van der Waals surface area contributed by atoms with Crippen molar-refractivity contribution in [3.8, 4) is 0 Å². The van der Waals surface area contributed by atoms with Crippen LogP contribution in [-0.4, -0.2) is 37.5 Å². The van der Waals surface area contributed by atoms with Gasteiger partial charge in [-0.2, -0.15) is 17.5 Å². The number of halogens is 3. The topological polar surface area (TPSA) is 63.4 Å². The molecule has 0 saturated carbocycles. The van der Waals surface area contributed by atoms with Crippen molar-refractivity contribution in [2.75, 3.05) is 13.6 Å². The van der Waals surface area contributed by atoms with E-state index in [9.17, 15) is 21.6 Å². The molecule has 0 fully saturated rings. The van der Waals surface area contributed by atoms with Crippen molar-refractivity contribution >= 4 is 27.2 Å². The molecule has 0 aromatic heterocycles. The zero-order valence-corrected chi connectivity index (χ0v) is 12.4. The predicted octanol–water partition coefficient (Wildman–Crippen LogP) is 1.81. The maximum atomic E-state index is 12.3. The number of aryl methyl sites for hydroxylation is 1. The van der Waals surface area contributed by atoms with E-state index in [1.54, 1.807) is 6.92 Å². The Morgan fingerprint density at radius 1 is 1.40 bits per heavy atom. The minimum atomic E-state index is -4.60. The highest BCUT2D eigenvalue weighted by molar-refractivity contribution is 7.89. The van der Waals surface area contributed by atoms with Crippen LogP contribution in [0.25, 0.3) is 0 Å². The van der Waals surface area contributed by atoms with Crippen molar-refractivity contribution < 1.29 is 21.6 Å². The highest BCUT2D eigenvalue weighted by Crippen LogP contribution is 2.22. The summed E-state index contributed by atoms with van der Waals surface area (Å²) < 4.78 is 61.0. The summed E-state index contributed by atoms with van der Waals surface area (Å²) in [7, 11) is -3.33. The van der Waals surface area contributed by atoms with Crippen LogP contribution in [0.4, 0.5) is 13.2 Å². The standard InChI is InChI=1S/C11H13F3N2O2S2/c1-7-5-8(3-4-9(7)10(15)19)20(17,18)16(2)6-11(12,13)14/h3-5H,6H2,1-2H3,(H2,15,19). The second-order valence-corrected chi connectivity index (χ2v) is 6.70. The molecule has 0 heterocycles. The van der Waals surface area contributed by atoms with Gasteiger partial charge in [0.05, 0.1) is 4.90 Å². The first-order valence-electron chi connectivity index (χ1n) is 5.38. The molecule has 4 nitrogen and oxygen atoms in total. The summed E-state index contributed by atoms with van der Waals surface area (Å²) in [6.45, 7) is 0.0305. The average molecular weight is 326 g/mol. The van der Waals surface area contributed by atoms with Gasteiger partial charge < -0.3 is 5.73 Å². The van der Waals surface area contributed by atoms with Crippen LogP contribution < -0.4 is 5.73 Å². The normalized spacial score (nSPS) is 12.7. The maximum Gasteiger partial charge on any atom is 0.402 e. The Morgan fingerprint density at radius 2 is 1.95 bits per heavy atom. The van der Waals surface area contributed by atoms with Crippen LogP contribution in [0.1, 0.15) is 11.1 Å². The molecule has 0 bridgehead atoms. The molecule has 20 heavy (non-hydrogen) atoms. The van der Waals surface area contributed by atoms with E-state index < -0.39 is 22.7 Å². The lowest BCUT2D eigenvalue weighted by atomic mass is 10.1. The molecule has 0 amide bonds. The number of benzene rings is 1. The first kappa shape index (κ1) is 16.9. The fourth-order valence-electron chi connectivity index (χ4n) is 1.59. The third-order valence-electron chi connectivity index (χ3n) is 2.57. The van der Waals surface area contributed by atoms with Gasteiger partial charge in [0.15, 0.2) is 0 Å². The molecule has 0 aliphatic heterocycles. The molecule has 0 unspecified atom stereocenters. The van der Waals surface area contributed by atoms with E-state index in [4.69, 9.17) is 18.0 Å². The monoisotopic (exact) mass is 326 g/mol. The Hall–Kier alpha value is -1.19. The van der Waals surface area contributed by atoms with E-state index in [2.05, 4.69) is 0 Å². The number of alkyl halides is 3. The van der Waals surface area contributed by atoms with Crippen LogP contribution in [0.3, 0.4) is 0 Å². The third kappa shape index (κ3) is 3.90. The second-order valence-electron chi connectivity index (χ2n) is 4.22. The number of thiocarbonyl (C=S) groups is 1. The lowest BCUT2D eigenvalue weighted by molar-refractivity contribution is -0.134. The predicted molar refractivity (Wildman–Crippen MR) is 72.9 cm³/mol. The first-order valence-corrected chi connectivity index (χ1v) is 7.23. The molecule has 9 heteroatoms. The van der Waals surface area contributed by atoms with Crippen molar-refractivity contribution in [3.05, 3.63) is 29.3 Å². The van der Waals surface area contributed by atoms with Crippen molar-refractivity contribution in [3.63, 3.8) is 0 Å². The zero-order chi connectivity index (χ0) is 15.7.